The highest BCUT2D eigenvalue weighted by Gasteiger charge is 2.37. The predicted molar refractivity (Wildman–Crippen MR) is 131 cm³/mol. The lowest BCUT2D eigenvalue weighted by Gasteiger charge is -2.42. The second-order valence-corrected chi connectivity index (χ2v) is 10.8. The number of anilines is 1. The lowest BCUT2D eigenvalue weighted by atomic mass is 9.63. The summed E-state index contributed by atoms with van der Waals surface area (Å²) in [5.41, 5.74) is 7.72. The molecule has 0 N–H and O–H groups in total. The average Bonchev–Trinajstić information content (AvgIpc) is 2.76. The van der Waals surface area contributed by atoms with Crippen molar-refractivity contribution in [1.82, 2.24) is 4.90 Å². The quantitative estimate of drug-likeness (QED) is 0.552. The molecule has 0 radical (unpaired) electrons. The number of fused-ring (bicyclic) bond motifs is 1. The van der Waals surface area contributed by atoms with Crippen molar-refractivity contribution < 1.29 is 0 Å². The average molecular weight is 405 g/mol. The predicted octanol–water partition coefficient (Wildman–Crippen LogP) is 6.62. The minimum absolute atomic E-state index is 0.257. The molecule has 4 rings (SSSR count). The summed E-state index contributed by atoms with van der Waals surface area (Å²) in [5.74, 6) is 0. The zero-order chi connectivity index (χ0) is 21.4. The second kappa shape index (κ2) is 8.38. The second-order valence-electron chi connectivity index (χ2n) is 10.8. The SMILES string of the molecule is CCCCN1CCN(c2cccc(-c3ccc4c(c3)C(C)(C)CCC4(C)C)c2)CC1. The fourth-order valence-electron chi connectivity index (χ4n) is 5.26. The zero-order valence-corrected chi connectivity index (χ0v) is 19.8. The van der Waals surface area contributed by atoms with E-state index in [2.05, 4.69) is 86.9 Å². The Bertz CT molecular complexity index is 872. The third-order valence-electron chi connectivity index (χ3n) is 7.60. The monoisotopic (exact) mass is 404 g/mol. The van der Waals surface area contributed by atoms with E-state index in [4.69, 9.17) is 0 Å². The van der Waals surface area contributed by atoms with Crippen molar-refractivity contribution in [2.24, 2.45) is 0 Å². The summed E-state index contributed by atoms with van der Waals surface area (Å²) >= 11 is 0. The van der Waals surface area contributed by atoms with Gasteiger partial charge in [-0.25, -0.2) is 0 Å². The van der Waals surface area contributed by atoms with Crippen LogP contribution in [0.4, 0.5) is 5.69 Å². The standard InChI is InChI=1S/C28H40N2/c1-6-7-15-29-16-18-30(19-17-29)24-10-8-9-22(20-24)23-11-12-25-26(21-23)28(4,5)14-13-27(25,2)3/h8-12,20-21H,6-7,13-19H2,1-5H3. The topological polar surface area (TPSA) is 6.48 Å². The highest BCUT2D eigenvalue weighted by Crippen LogP contribution is 2.46. The number of benzene rings is 2. The number of hydrogen-bond donors (Lipinski definition) is 0. The van der Waals surface area contributed by atoms with Crippen LogP contribution in [0.2, 0.25) is 0 Å². The van der Waals surface area contributed by atoms with Crippen LogP contribution in [0, 0.1) is 0 Å². The first-order valence-corrected chi connectivity index (χ1v) is 12.0. The maximum Gasteiger partial charge on any atom is 0.0373 e. The van der Waals surface area contributed by atoms with Crippen LogP contribution in [0.3, 0.4) is 0 Å². The molecule has 0 aromatic heterocycles. The Balaban J connectivity index is 1.57. The molecule has 1 aliphatic carbocycles. The zero-order valence-electron chi connectivity index (χ0n) is 19.8. The summed E-state index contributed by atoms with van der Waals surface area (Å²) in [5, 5.41) is 0. The minimum Gasteiger partial charge on any atom is -0.369 e. The molecule has 2 heteroatoms. The Labute approximate surface area is 184 Å². The van der Waals surface area contributed by atoms with E-state index < -0.39 is 0 Å². The van der Waals surface area contributed by atoms with E-state index in [0.717, 1.165) is 13.1 Å². The van der Waals surface area contributed by atoms with E-state index in [1.54, 1.807) is 11.1 Å². The summed E-state index contributed by atoms with van der Waals surface area (Å²) in [4.78, 5) is 5.19. The number of hydrogen-bond acceptors (Lipinski definition) is 2. The molecule has 2 nitrogen and oxygen atoms in total. The van der Waals surface area contributed by atoms with Gasteiger partial charge >= 0.3 is 0 Å². The van der Waals surface area contributed by atoms with Crippen molar-refractivity contribution in [1.29, 1.82) is 0 Å². The number of nitrogens with zero attached hydrogens (tertiary/aromatic N) is 2. The molecule has 1 saturated heterocycles. The molecular weight excluding hydrogens is 364 g/mol. The van der Waals surface area contributed by atoms with Crippen LogP contribution in [-0.4, -0.2) is 37.6 Å². The number of piperazine rings is 1. The molecule has 162 valence electrons. The summed E-state index contributed by atoms with van der Waals surface area (Å²) < 4.78 is 0. The first-order valence-electron chi connectivity index (χ1n) is 12.0. The third kappa shape index (κ3) is 4.30. The van der Waals surface area contributed by atoms with E-state index in [1.165, 1.54) is 62.1 Å². The Morgan fingerprint density at radius 1 is 0.767 bits per heavy atom. The van der Waals surface area contributed by atoms with Gasteiger partial charge in [-0.15, -0.1) is 0 Å². The van der Waals surface area contributed by atoms with Crippen LogP contribution >= 0.6 is 0 Å². The van der Waals surface area contributed by atoms with Crippen molar-refractivity contribution in [3.05, 3.63) is 53.6 Å². The van der Waals surface area contributed by atoms with Crippen molar-refractivity contribution in [2.75, 3.05) is 37.6 Å². The molecule has 0 saturated carbocycles. The lowest BCUT2D eigenvalue weighted by molar-refractivity contribution is 0.254. The Kier molecular flexibility index (Phi) is 5.99. The van der Waals surface area contributed by atoms with Crippen LogP contribution in [0.1, 0.15) is 71.4 Å². The molecule has 1 fully saturated rings. The Morgan fingerprint density at radius 3 is 2.13 bits per heavy atom. The fourth-order valence-corrected chi connectivity index (χ4v) is 5.26. The fraction of sp³-hybridized carbons (Fsp3) is 0.571. The molecule has 0 unspecified atom stereocenters. The van der Waals surface area contributed by atoms with Crippen LogP contribution in [-0.2, 0) is 10.8 Å². The van der Waals surface area contributed by atoms with Crippen LogP contribution in [0.25, 0.3) is 11.1 Å². The molecule has 0 spiro atoms. The maximum atomic E-state index is 2.62. The van der Waals surface area contributed by atoms with Gasteiger partial charge < -0.3 is 4.90 Å². The van der Waals surface area contributed by atoms with Crippen LogP contribution in [0.15, 0.2) is 42.5 Å². The van der Waals surface area contributed by atoms with Gasteiger partial charge in [-0.1, -0.05) is 71.4 Å². The van der Waals surface area contributed by atoms with Crippen molar-refractivity contribution in [3.8, 4) is 11.1 Å². The molecule has 2 aromatic carbocycles. The molecule has 2 aliphatic rings. The van der Waals surface area contributed by atoms with E-state index in [1.807, 2.05) is 0 Å². The summed E-state index contributed by atoms with van der Waals surface area (Å²) in [6.07, 6.45) is 5.14. The molecule has 0 amide bonds. The van der Waals surface area contributed by atoms with Gasteiger partial charge in [0.25, 0.3) is 0 Å². The van der Waals surface area contributed by atoms with Crippen LogP contribution < -0.4 is 4.90 Å². The number of unbranched alkanes of at least 4 members (excludes halogenated alkanes) is 1. The van der Waals surface area contributed by atoms with E-state index >= 15 is 0 Å². The highest BCUT2D eigenvalue weighted by atomic mass is 15.3. The third-order valence-corrected chi connectivity index (χ3v) is 7.60. The van der Waals surface area contributed by atoms with Gasteiger partial charge in [0, 0.05) is 31.9 Å². The van der Waals surface area contributed by atoms with Crippen LogP contribution in [0.5, 0.6) is 0 Å². The van der Waals surface area contributed by atoms with Gasteiger partial charge in [0.15, 0.2) is 0 Å². The van der Waals surface area contributed by atoms with Gasteiger partial charge in [-0.05, 0) is 71.0 Å². The van der Waals surface area contributed by atoms with E-state index in [9.17, 15) is 0 Å². The van der Waals surface area contributed by atoms with Gasteiger partial charge in [-0.3, -0.25) is 4.90 Å². The summed E-state index contributed by atoms with van der Waals surface area (Å²) in [6.45, 7) is 17.8. The molecule has 30 heavy (non-hydrogen) atoms. The van der Waals surface area contributed by atoms with E-state index in [0.29, 0.717) is 0 Å². The van der Waals surface area contributed by atoms with Crippen molar-refractivity contribution >= 4 is 5.69 Å². The molecule has 1 heterocycles. The molecule has 0 bridgehead atoms. The summed E-state index contributed by atoms with van der Waals surface area (Å²) in [6, 6.07) is 16.5. The smallest absolute Gasteiger partial charge is 0.0373 e. The highest BCUT2D eigenvalue weighted by molar-refractivity contribution is 5.70. The lowest BCUT2D eigenvalue weighted by Crippen LogP contribution is -2.46. The number of rotatable bonds is 5. The first kappa shape index (κ1) is 21.4. The first-order chi connectivity index (χ1) is 14.3. The van der Waals surface area contributed by atoms with Crippen molar-refractivity contribution in [3.63, 3.8) is 0 Å². The largest absolute Gasteiger partial charge is 0.369 e. The van der Waals surface area contributed by atoms with Crippen molar-refractivity contribution in [2.45, 2.75) is 71.1 Å². The van der Waals surface area contributed by atoms with E-state index in [-0.39, 0.29) is 10.8 Å². The van der Waals surface area contributed by atoms with Gasteiger partial charge in [0.2, 0.25) is 0 Å². The molecular formula is C28H40N2. The van der Waals surface area contributed by atoms with Gasteiger partial charge in [0.05, 0.1) is 0 Å². The maximum absolute atomic E-state index is 2.62. The minimum atomic E-state index is 0.257. The summed E-state index contributed by atoms with van der Waals surface area (Å²) in [7, 11) is 0. The molecule has 2 aromatic rings. The van der Waals surface area contributed by atoms with Gasteiger partial charge in [0.1, 0.15) is 0 Å². The normalized spacial score (nSPS) is 20.8. The Morgan fingerprint density at radius 2 is 1.43 bits per heavy atom. The Hall–Kier alpha value is -1.80. The molecule has 1 aliphatic heterocycles. The van der Waals surface area contributed by atoms with Gasteiger partial charge in [-0.2, -0.15) is 0 Å². The molecule has 0 atom stereocenters.